The van der Waals surface area contributed by atoms with E-state index in [1.54, 1.807) is 19.2 Å². The summed E-state index contributed by atoms with van der Waals surface area (Å²) < 4.78 is 10.5. The summed E-state index contributed by atoms with van der Waals surface area (Å²) in [5.41, 5.74) is 0.628. The molecule has 3 rings (SSSR count). The van der Waals surface area contributed by atoms with Gasteiger partial charge in [0, 0.05) is 50.7 Å². The summed E-state index contributed by atoms with van der Waals surface area (Å²) in [4.78, 5) is 29.2. The van der Waals surface area contributed by atoms with E-state index in [1.807, 2.05) is 17.0 Å². The predicted molar refractivity (Wildman–Crippen MR) is 102 cm³/mol. The highest BCUT2D eigenvalue weighted by atomic mass is 16.5. The van der Waals surface area contributed by atoms with Gasteiger partial charge in [0.2, 0.25) is 5.91 Å². The summed E-state index contributed by atoms with van der Waals surface area (Å²) in [6.45, 7) is 6.15. The lowest BCUT2D eigenvalue weighted by Crippen LogP contribution is -2.45. The Labute approximate surface area is 160 Å². The molecule has 0 atom stereocenters. The van der Waals surface area contributed by atoms with Gasteiger partial charge in [0.25, 0.3) is 5.91 Å². The van der Waals surface area contributed by atoms with E-state index in [2.05, 4.69) is 10.2 Å². The van der Waals surface area contributed by atoms with E-state index < -0.39 is 0 Å². The van der Waals surface area contributed by atoms with E-state index in [1.165, 1.54) is 0 Å². The van der Waals surface area contributed by atoms with Crippen LogP contribution in [0.1, 0.15) is 23.2 Å². The topological polar surface area (TPSA) is 71.1 Å². The first-order chi connectivity index (χ1) is 13.2. The number of hydrogen-bond donors (Lipinski definition) is 1. The van der Waals surface area contributed by atoms with E-state index in [-0.39, 0.29) is 17.7 Å². The molecule has 7 nitrogen and oxygen atoms in total. The van der Waals surface area contributed by atoms with Crippen molar-refractivity contribution in [2.45, 2.75) is 12.8 Å². The number of nitrogens with zero attached hydrogens (tertiary/aromatic N) is 2. The van der Waals surface area contributed by atoms with Crippen molar-refractivity contribution in [1.82, 2.24) is 15.1 Å². The minimum atomic E-state index is -0.0101. The quantitative estimate of drug-likeness (QED) is 0.803. The van der Waals surface area contributed by atoms with E-state index in [9.17, 15) is 9.59 Å². The molecule has 0 bridgehead atoms. The molecule has 0 aromatic heterocycles. The molecule has 148 valence electrons. The Morgan fingerprint density at radius 1 is 1.19 bits per heavy atom. The lowest BCUT2D eigenvalue weighted by Gasteiger charge is -2.32. The zero-order valence-corrected chi connectivity index (χ0v) is 16.0. The standard InChI is InChI=1S/C20H29N3O4/c1-26-18-4-2-3-17(15-18)20(25)23-8-5-16(6-9-23)19(24)21-7-10-22-11-13-27-14-12-22/h2-4,15-16H,5-14H2,1H3,(H,21,24). The maximum absolute atomic E-state index is 12.6. The van der Waals surface area contributed by atoms with Gasteiger partial charge in [-0.15, -0.1) is 0 Å². The van der Waals surface area contributed by atoms with Crippen LogP contribution in [-0.2, 0) is 9.53 Å². The Morgan fingerprint density at radius 3 is 2.63 bits per heavy atom. The zero-order valence-electron chi connectivity index (χ0n) is 16.0. The third kappa shape index (κ3) is 5.43. The molecule has 2 aliphatic rings. The second-order valence-electron chi connectivity index (χ2n) is 7.04. The van der Waals surface area contributed by atoms with E-state index >= 15 is 0 Å². The van der Waals surface area contributed by atoms with Crippen LogP contribution in [-0.4, -0.2) is 81.2 Å². The zero-order chi connectivity index (χ0) is 19.1. The SMILES string of the molecule is COc1cccc(C(=O)N2CCC(C(=O)NCCN3CCOCC3)CC2)c1. The molecular weight excluding hydrogens is 346 g/mol. The lowest BCUT2D eigenvalue weighted by atomic mass is 9.95. The molecule has 1 aromatic carbocycles. The average molecular weight is 375 g/mol. The number of nitrogens with one attached hydrogen (secondary N) is 1. The van der Waals surface area contributed by atoms with E-state index in [0.717, 1.165) is 32.8 Å². The number of methoxy groups -OCH3 is 1. The Bertz CT molecular complexity index is 638. The lowest BCUT2D eigenvalue weighted by molar-refractivity contribution is -0.126. The van der Waals surface area contributed by atoms with Gasteiger partial charge < -0.3 is 19.7 Å². The molecule has 2 aliphatic heterocycles. The van der Waals surface area contributed by atoms with Crippen LogP contribution < -0.4 is 10.1 Å². The molecule has 0 aliphatic carbocycles. The maximum atomic E-state index is 12.6. The van der Waals surface area contributed by atoms with E-state index in [0.29, 0.717) is 43.8 Å². The van der Waals surface area contributed by atoms with Crippen LogP contribution in [0.4, 0.5) is 0 Å². The summed E-state index contributed by atoms with van der Waals surface area (Å²) in [5, 5.41) is 3.05. The van der Waals surface area contributed by atoms with Crippen molar-refractivity contribution in [3.05, 3.63) is 29.8 Å². The van der Waals surface area contributed by atoms with Crippen LogP contribution in [0, 0.1) is 5.92 Å². The van der Waals surface area contributed by atoms with Gasteiger partial charge in [-0.3, -0.25) is 14.5 Å². The van der Waals surface area contributed by atoms with Crippen LogP contribution in [0.15, 0.2) is 24.3 Å². The predicted octanol–water partition coefficient (Wildman–Crippen LogP) is 0.996. The van der Waals surface area contributed by atoms with Crippen LogP contribution in [0.3, 0.4) is 0 Å². The fourth-order valence-corrected chi connectivity index (χ4v) is 3.59. The highest BCUT2D eigenvalue weighted by Gasteiger charge is 2.27. The number of amides is 2. The summed E-state index contributed by atoms with van der Waals surface area (Å²) >= 11 is 0. The second kappa shape index (κ2) is 9.71. The Hall–Kier alpha value is -2.12. The molecule has 1 N–H and O–H groups in total. The summed E-state index contributed by atoms with van der Waals surface area (Å²) in [5.74, 6) is 0.774. The number of rotatable bonds is 6. The van der Waals surface area contributed by atoms with Gasteiger partial charge >= 0.3 is 0 Å². The Balaban J connectivity index is 1.41. The van der Waals surface area contributed by atoms with Crippen molar-refractivity contribution in [2.75, 3.05) is 59.6 Å². The first kappa shape index (κ1) is 19.6. The molecule has 0 radical (unpaired) electrons. The summed E-state index contributed by atoms with van der Waals surface area (Å²) in [6.07, 6.45) is 1.41. The van der Waals surface area contributed by atoms with Crippen molar-refractivity contribution in [1.29, 1.82) is 0 Å². The number of carbonyl (C=O) groups is 2. The minimum Gasteiger partial charge on any atom is -0.497 e. The summed E-state index contributed by atoms with van der Waals surface area (Å²) in [7, 11) is 1.59. The van der Waals surface area contributed by atoms with Gasteiger partial charge in [-0.25, -0.2) is 0 Å². The molecular formula is C20H29N3O4. The fourth-order valence-electron chi connectivity index (χ4n) is 3.59. The van der Waals surface area contributed by atoms with Crippen molar-refractivity contribution >= 4 is 11.8 Å². The van der Waals surface area contributed by atoms with Gasteiger partial charge in [0.05, 0.1) is 20.3 Å². The van der Waals surface area contributed by atoms with Gasteiger partial charge in [0.1, 0.15) is 5.75 Å². The molecule has 1 aromatic rings. The smallest absolute Gasteiger partial charge is 0.253 e. The number of benzene rings is 1. The molecule has 27 heavy (non-hydrogen) atoms. The van der Waals surface area contributed by atoms with Crippen LogP contribution >= 0.6 is 0 Å². The second-order valence-corrected chi connectivity index (χ2v) is 7.04. The maximum Gasteiger partial charge on any atom is 0.253 e. The normalized spacial score (nSPS) is 18.9. The molecule has 0 unspecified atom stereocenters. The largest absolute Gasteiger partial charge is 0.497 e. The fraction of sp³-hybridized carbons (Fsp3) is 0.600. The Kier molecular flexibility index (Phi) is 7.06. The number of piperidine rings is 1. The molecule has 2 amide bonds. The minimum absolute atomic E-state index is 0.0000700. The number of hydrogen-bond acceptors (Lipinski definition) is 5. The first-order valence-electron chi connectivity index (χ1n) is 9.68. The number of ether oxygens (including phenoxy) is 2. The first-order valence-corrected chi connectivity index (χ1v) is 9.68. The molecule has 2 fully saturated rings. The third-order valence-corrected chi connectivity index (χ3v) is 5.30. The average Bonchev–Trinajstić information content (AvgIpc) is 2.74. The summed E-state index contributed by atoms with van der Waals surface area (Å²) in [6, 6.07) is 7.20. The van der Waals surface area contributed by atoms with Gasteiger partial charge in [0.15, 0.2) is 0 Å². The Morgan fingerprint density at radius 2 is 1.93 bits per heavy atom. The van der Waals surface area contributed by atoms with Gasteiger partial charge in [-0.05, 0) is 31.0 Å². The molecule has 0 spiro atoms. The number of morpholine rings is 1. The van der Waals surface area contributed by atoms with Gasteiger partial charge in [-0.1, -0.05) is 6.07 Å². The van der Waals surface area contributed by atoms with Crippen LogP contribution in [0.2, 0.25) is 0 Å². The van der Waals surface area contributed by atoms with Crippen LogP contribution in [0.5, 0.6) is 5.75 Å². The molecule has 0 saturated carbocycles. The van der Waals surface area contributed by atoms with Crippen molar-refractivity contribution in [3.8, 4) is 5.75 Å². The monoisotopic (exact) mass is 375 g/mol. The highest BCUT2D eigenvalue weighted by Crippen LogP contribution is 2.21. The third-order valence-electron chi connectivity index (χ3n) is 5.30. The van der Waals surface area contributed by atoms with Crippen LogP contribution in [0.25, 0.3) is 0 Å². The van der Waals surface area contributed by atoms with Crippen molar-refractivity contribution in [3.63, 3.8) is 0 Å². The van der Waals surface area contributed by atoms with Crippen molar-refractivity contribution in [2.24, 2.45) is 5.92 Å². The number of likely N-dealkylation sites (tertiary alicyclic amines) is 1. The molecule has 7 heteroatoms. The molecule has 2 heterocycles. The van der Waals surface area contributed by atoms with E-state index in [4.69, 9.17) is 9.47 Å². The van der Waals surface area contributed by atoms with Crippen molar-refractivity contribution < 1.29 is 19.1 Å². The highest BCUT2D eigenvalue weighted by molar-refractivity contribution is 5.94. The molecule has 2 saturated heterocycles. The van der Waals surface area contributed by atoms with Gasteiger partial charge in [-0.2, -0.15) is 0 Å². The number of carbonyl (C=O) groups excluding carboxylic acids is 2.